The summed E-state index contributed by atoms with van der Waals surface area (Å²) in [5, 5.41) is 9.79. The van der Waals surface area contributed by atoms with Crippen molar-refractivity contribution in [2.75, 3.05) is 13.1 Å². The van der Waals surface area contributed by atoms with Gasteiger partial charge in [-0.15, -0.1) is 0 Å². The van der Waals surface area contributed by atoms with Gasteiger partial charge in [0.1, 0.15) is 0 Å². The smallest absolute Gasteiger partial charge is 0.226 e. The maximum absolute atomic E-state index is 12.2. The van der Waals surface area contributed by atoms with E-state index in [9.17, 15) is 9.90 Å². The van der Waals surface area contributed by atoms with Crippen LogP contribution in [0.2, 0.25) is 0 Å². The largest absolute Gasteiger partial charge is 0.393 e. The molecular formula is C13H23NO2. The molecule has 2 rings (SSSR count). The average Bonchev–Trinajstić information content (AvgIpc) is 2.87. The summed E-state index contributed by atoms with van der Waals surface area (Å²) in [7, 11) is 0. The molecule has 1 N–H and O–H groups in total. The summed E-state index contributed by atoms with van der Waals surface area (Å²) in [6.45, 7) is 7.90. The number of rotatable bonds is 2. The summed E-state index contributed by atoms with van der Waals surface area (Å²) < 4.78 is 0. The molecule has 1 aliphatic carbocycles. The lowest BCUT2D eigenvalue weighted by Crippen LogP contribution is -2.46. The number of carbonyl (C=O) groups excluding carboxylic acids is 1. The number of likely N-dealkylation sites (tertiary alicyclic amines) is 1. The van der Waals surface area contributed by atoms with Crippen LogP contribution in [-0.2, 0) is 4.79 Å². The highest BCUT2D eigenvalue weighted by atomic mass is 16.3. The van der Waals surface area contributed by atoms with E-state index in [1.807, 2.05) is 4.90 Å². The number of hydrogen-bond acceptors (Lipinski definition) is 2. The Kier molecular flexibility index (Phi) is 2.99. The minimum absolute atomic E-state index is 0.207. The van der Waals surface area contributed by atoms with Crippen LogP contribution in [0.3, 0.4) is 0 Å². The number of hydrogen-bond donors (Lipinski definition) is 1. The minimum atomic E-state index is -0.207. The van der Waals surface area contributed by atoms with E-state index in [0.29, 0.717) is 5.91 Å². The molecule has 3 unspecified atom stereocenters. The van der Waals surface area contributed by atoms with E-state index >= 15 is 0 Å². The van der Waals surface area contributed by atoms with Gasteiger partial charge < -0.3 is 10.0 Å². The predicted octanol–water partition coefficient (Wildman–Crippen LogP) is 1.65. The standard InChI is InChI=1S/C13H23NO2/c1-4-9-8-14(6-5-11(9)15)12(16)10-7-13(10,2)3/h9-11,15H,4-8H2,1-3H3. The van der Waals surface area contributed by atoms with Crippen LogP contribution in [0.1, 0.15) is 40.0 Å². The van der Waals surface area contributed by atoms with E-state index in [-0.39, 0.29) is 23.4 Å². The highest BCUT2D eigenvalue weighted by Crippen LogP contribution is 2.52. The molecule has 2 aliphatic rings. The summed E-state index contributed by atoms with van der Waals surface area (Å²) >= 11 is 0. The average molecular weight is 225 g/mol. The predicted molar refractivity (Wildman–Crippen MR) is 62.9 cm³/mol. The van der Waals surface area contributed by atoms with Gasteiger partial charge >= 0.3 is 0 Å². The van der Waals surface area contributed by atoms with Gasteiger partial charge in [0.05, 0.1) is 6.10 Å². The van der Waals surface area contributed by atoms with Crippen LogP contribution in [0.4, 0.5) is 0 Å². The van der Waals surface area contributed by atoms with Crippen molar-refractivity contribution in [1.82, 2.24) is 4.90 Å². The first-order valence-corrected chi connectivity index (χ1v) is 6.42. The molecule has 0 aromatic carbocycles. The third-order valence-electron chi connectivity index (χ3n) is 4.34. The fourth-order valence-electron chi connectivity index (χ4n) is 2.73. The number of carbonyl (C=O) groups is 1. The molecule has 1 saturated heterocycles. The molecule has 1 amide bonds. The maximum atomic E-state index is 12.2. The lowest BCUT2D eigenvalue weighted by atomic mass is 9.92. The number of piperidine rings is 1. The van der Waals surface area contributed by atoms with Gasteiger partial charge in [-0.05, 0) is 24.7 Å². The summed E-state index contributed by atoms with van der Waals surface area (Å²) in [6, 6.07) is 0. The number of amides is 1. The molecule has 3 heteroatoms. The Morgan fingerprint density at radius 3 is 2.62 bits per heavy atom. The van der Waals surface area contributed by atoms with Crippen LogP contribution in [-0.4, -0.2) is 35.1 Å². The van der Waals surface area contributed by atoms with Crippen molar-refractivity contribution in [3.05, 3.63) is 0 Å². The number of nitrogens with zero attached hydrogens (tertiary/aromatic N) is 1. The van der Waals surface area contributed by atoms with Gasteiger partial charge in [-0.1, -0.05) is 20.8 Å². The second kappa shape index (κ2) is 4.02. The number of aliphatic hydroxyl groups excluding tert-OH is 1. The van der Waals surface area contributed by atoms with Gasteiger partial charge in [0.2, 0.25) is 5.91 Å². The molecule has 16 heavy (non-hydrogen) atoms. The van der Waals surface area contributed by atoms with Gasteiger partial charge in [-0.2, -0.15) is 0 Å². The molecule has 1 aliphatic heterocycles. The third kappa shape index (κ3) is 2.10. The molecule has 92 valence electrons. The number of aliphatic hydroxyl groups is 1. The highest BCUT2D eigenvalue weighted by Gasteiger charge is 2.52. The van der Waals surface area contributed by atoms with Crippen molar-refractivity contribution in [2.24, 2.45) is 17.3 Å². The van der Waals surface area contributed by atoms with E-state index in [1.54, 1.807) is 0 Å². The Bertz CT molecular complexity index is 288. The lowest BCUT2D eigenvalue weighted by Gasteiger charge is -2.36. The van der Waals surface area contributed by atoms with Crippen molar-refractivity contribution in [3.63, 3.8) is 0 Å². The van der Waals surface area contributed by atoms with E-state index < -0.39 is 0 Å². The molecule has 2 fully saturated rings. The zero-order chi connectivity index (χ0) is 11.9. The first-order chi connectivity index (χ1) is 7.45. The molecule has 0 aromatic rings. The Labute approximate surface area is 97.8 Å². The summed E-state index contributed by atoms with van der Waals surface area (Å²) in [5.41, 5.74) is 0.217. The molecule has 0 radical (unpaired) electrons. The van der Waals surface area contributed by atoms with Crippen LogP contribution in [0, 0.1) is 17.3 Å². The van der Waals surface area contributed by atoms with Crippen molar-refractivity contribution in [3.8, 4) is 0 Å². The molecule has 0 bridgehead atoms. The molecule has 1 saturated carbocycles. The molecule has 0 spiro atoms. The fourth-order valence-corrected chi connectivity index (χ4v) is 2.73. The van der Waals surface area contributed by atoms with Gasteiger partial charge in [-0.25, -0.2) is 0 Å². The Hall–Kier alpha value is -0.570. The zero-order valence-corrected chi connectivity index (χ0v) is 10.6. The van der Waals surface area contributed by atoms with Gasteiger partial charge in [0, 0.05) is 24.9 Å². The topological polar surface area (TPSA) is 40.5 Å². The molecule has 3 atom stereocenters. The summed E-state index contributed by atoms with van der Waals surface area (Å²) in [6.07, 6.45) is 2.53. The van der Waals surface area contributed by atoms with Crippen LogP contribution >= 0.6 is 0 Å². The Morgan fingerprint density at radius 2 is 2.12 bits per heavy atom. The van der Waals surface area contributed by atoms with Crippen LogP contribution in [0.15, 0.2) is 0 Å². The third-order valence-corrected chi connectivity index (χ3v) is 4.34. The molecular weight excluding hydrogens is 202 g/mol. The van der Waals surface area contributed by atoms with Gasteiger partial charge in [-0.3, -0.25) is 4.79 Å². The fraction of sp³-hybridized carbons (Fsp3) is 0.923. The second-order valence-corrected chi connectivity index (χ2v) is 6.05. The Morgan fingerprint density at radius 1 is 1.50 bits per heavy atom. The maximum Gasteiger partial charge on any atom is 0.226 e. The van der Waals surface area contributed by atoms with E-state index in [0.717, 1.165) is 32.4 Å². The van der Waals surface area contributed by atoms with Crippen LogP contribution < -0.4 is 0 Å². The van der Waals surface area contributed by atoms with Gasteiger partial charge in [0.15, 0.2) is 0 Å². The summed E-state index contributed by atoms with van der Waals surface area (Å²) in [5.74, 6) is 0.829. The van der Waals surface area contributed by atoms with Crippen molar-refractivity contribution >= 4 is 5.91 Å². The van der Waals surface area contributed by atoms with Crippen molar-refractivity contribution < 1.29 is 9.90 Å². The van der Waals surface area contributed by atoms with Crippen molar-refractivity contribution in [1.29, 1.82) is 0 Å². The summed E-state index contributed by atoms with van der Waals surface area (Å²) in [4.78, 5) is 14.2. The lowest BCUT2D eigenvalue weighted by molar-refractivity contribution is -0.137. The molecule has 3 nitrogen and oxygen atoms in total. The first-order valence-electron chi connectivity index (χ1n) is 6.42. The minimum Gasteiger partial charge on any atom is -0.393 e. The van der Waals surface area contributed by atoms with Crippen LogP contribution in [0.25, 0.3) is 0 Å². The first kappa shape index (κ1) is 11.9. The highest BCUT2D eigenvalue weighted by molar-refractivity contribution is 5.82. The normalized spacial score (nSPS) is 37.2. The quantitative estimate of drug-likeness (QED) is 0.776. The second-order valence-electron chi connectivity index (χ2n) is 6.05. The zero-order valence-electron chi connectivity index (χ0n) is 10.6. The Balaban J connectivity index is 1.93. The monoisotopic (exact) mass is 225 g/mol. The van der Waals surface area contributed by atoms with Gasteiger partial charge in [0.25, 0.3) is 0 Å². The SMILES string of the molecule is CCC1CN(C(=O)C2CC2(C)C)CCC1O. The van der Waals surface area contributed by atoms with Crippen molar-refractivity contribution in [2.45, 2.75) is 46.1 Å². The van der Waals surface area contributed by atoms with E-state index in [4.69, 9.17) is 0 Å². The molecule has 1 heterocycles. The van der Waals surface area contributed by atoms with E-state index in [2.05, 4.69) is 20.8 Å². The van der Waals surface area contributed by atoms with Crippen LogP contribution in [0.5, 0.6) is 0 Å². The van der Waals surface area contributed by atoms with E-state index in [1.165, 1.54) is 0 Å². The molecule has 0 aromatic heterocycles.